The molecule has 1 aromatic heterocycles. The van der Waals surface area contributed by atoms with E-state index in [4.69, 9.17) is 0 Å². The molecule has 1 fully saturated rings. The second-order valence-corrected chi connectivity index (χ2v) is 6.89. The van der Waals surface area contributed by atoms with Crippen molar-refractivity contribution < 1.29 is 9.18 Å². The molecule has 0 aliphatic carbocycles. The van der Waals surface area contributed by atoms with Crippen LogP contribution in [0.4, 0.5) is 4.39 Å². The fourth-order valence-corrected chi connectivity index (χ4v) is 3.44. The summed E-state index contributed by atoms with van der Waals surface area (Å²) in [6.45, 7) is 1.96. The number of carbonyl (C=O) groups is 1. The van der Waals surface area contributed by atoms with Gasteiger partial charge in [0.1, 0.15) is 5.82 Å². The van der Waals surface area contributed by atoms with Crippen LogP contribution in [0, 0.1) is 5.82 Å². The average molecular weight is 352 g/mol. The number of amides is 1. The van der Waals surface area contributed by atoms with Gasteiger partial charge in [-0.25, -0.2) is 4.39 Å². The third-order valence-electron chi connectivity index (χ3n) is 4.99. The highest BCUT2D eigenvalue weighted by molar-refractivity contribution is 6.05. The summed E-state index contributed by atoms with van der Waals surface area (Å²) in [5, 5.41) is 11.0. The minimum atomic E-state index is -0.282. The SMILES string of the molecule is CN1CCC(NC(=O)c2n[nH]c3ccc(-c4cccc(F)c4)cc23)CC1. The summed E-state index contributed by atoms with van der Waals surface area (Å²) in [5.41, 5.74) is 2.80. The largest absolute Gasteiger partial charge is 0.348 e. The number of nitrogens with one attached hydrogen (secondary N) is 2. The van der Waals surface area contributed by atoms with Gasteiger partial charge in [0, 0.05) is 11.4 Å². The van der Waals surface area contributed by atoms with Crippen LogP contribution >= 0.6 is 0 Å². The second kappa shape index (κ2) is 6.88. The fourth-order valence-electron chi connectivity index (χ4n) is 3.44. The number of halogens is 1. The number of piperidine rings is 1. The van der Waals surface area contributed by atoms with Gasteiger partial charge in [0.05, 0.1) is 5.52 Å². The summed E-state index contributed by atoms with van der Waals surface area (Å²) in [5.74, 6) is -0.447. The molecule has 3 aromatic rings. The van der Waals surface area contributed by atoms with Gasteiger partial charge in [-0.3, -0.25) is 9.89 Å². The van der Waals surface area contributed by atoms with Gasteiger partial charge in [-0.2, -0.15) is 5.10 Å². The van der Waals surface area contributed by atoms with Gasteiger partial charge >= 0.3 is 0 Å². The minimum absolute atomic E-state index is 0.165. The fraction of sp³-hybridized carbons (Fsp3) is 0.300. The number of likely N-dealkylation sites (tertiary alicyclic amines) is 1. The first-order valence-corrected chi connectivity index (χ1v) is 8.83. The van der Waals surface area contributed by atoms with Crippen molar-refractivity contribution in [3.05, 3.63) is 54.0 Å². The predicted molar refractivity (Wildman–Crippen MR) is 99.5 cm³/mol. The second-order valence-electron chi connectivity index (χ2n) is 6.89. The van der Waals surface area contributed by atoms with Crippen LogP contribution in [0.3, 0.4) is 0 Å². The smallest absolute Gasteiger partial charge is 0.272 e. The van der Waals surface area contributed by atoms with Gasteiger partial charge in [-0.1, -0.05) is 18.2 Å². The summed E-state index contributed by atoms with van der Waals surface area (Å²) in [7, 11) is 2.09. The highest BCUT2D eigenvalue weighted by Gasteiger charge is 2.21. The van der Waals surface area contributed by atoms with Crippen molar-refractivity contribution >= 4 is 16.8 Å². The first-order valence-electron chi connectivity index (χ1n) is 8.83. The van der Waals surface area contributed by atoms with E-state index >= 15 is 0 Å². The molecule has 5 nitrogen and oxygen atoms in total. The van der Waals surface area contributed by atoms with Gasteiger partial charge in [0.25, 0.3) is 5.91 Å². The molecule has 1 saturated heterocycles. The molecule has 1 aliphatic rings. The number of fused-ring (bicyclic) bond motifs is 1. The van der Waals surface area contributed by atoms with E-state index in [0.717, 1.165) is 48.0 Å². The maximum atomic E-state index is 13.5. The Labute approximate surface area is 151 Å². The Morgan fingerprint density at radius 2 is 1.96 bits per heavy atom. The summed E-state index contributed by atoms with van der Waals surface area (Å²) in [6.07, 6.45) is 1.89. The number of H-pyrrole nitrogens is 1. The molecule has 0 spiro atoms. The zero-order chi connectivity index (χ0) is 18.1. The van der Waals surface area contributed by atoms with Gasteiger partial charge < -0.3 is 10.2 Å². The summed E-state index contributed by atoms with van der Waals surface area (Å²) in [4.78, 5) is 15.0. The molecule has 6 heteroatoms. The van der Waals surface area contributed by atoms with Crippen molar-refractivity contribution in [1.82, 2.24) is 20.4 Å². The lowest BCUT2D eigenvalue weighted by Crippen LogP contribution is -2.43. The number of benzene rings is 2. The maximum Gasteiger partial charge on any atom is 0.272 e. The molecule has 26 heavy (non-hydrogen) atoms. The highest BCUT2D eigenvalue weighted by atomic mass is 19.1. The molecule has 0 atom stereocenters. The Bertz CT molecular complexity index is 944. The Morgan fingerprint density at radius 3 is 2.73 bits per heavy atom. The Morgan fingerprint density at radius 1 is 1.19 bits per heavy atom. The lowest BCUT2D eigenvalue weighted by molar-refractivity contribution is 0.0913. The molecule has 2 heterocycles. The maximum absolute atomic E-state index is 13.5. The molecule has 0 radical (unpaired) electrons. The standard InChI is InChI=1S/C20H21FN4O/c1-25-9-7-16(8-10-25)22-20(26)19-17-12-14(5-6-18(17)23-24-19)13-3-2-4-15(21)11-13/h2-6,11-12,16H,7-10H2,1H3,(H,22,26)(H,23,24). The Kier molecular flexibility index (Phi) is 4.42. The molecular formula is C20H21FN4O. The first kappa shape index (κ1) is 16.7. The third-order valence-corrected chi connectivity index (χ3v) is 4.99. The summed E-state index contributed by atoms with van der Waals surface area (Å²) in [6, 6.07) is 12.3. The molecule has 0 saturated carbocycles. The van der Waals surface area contributed by atoms with Crippen molar-refractivity contribution in [2.45, 2.75) is 18.9 Å². The average Bonchev–Trinajstić information content (AvgIpc) is 3.07. The number of hydrogen-bond donors (Lipinski definition) is 2. The van der Waals surface area contributed by atoms with Crippen LogP contribution in [0.25, 0.3) is 22.0 Å². The molecule has 4 rings (SSSR count). The third kappa shape index (κ3) is 3.32. The zero-order valence-corrected chi connectivity index (χ0v) is 14.6. The van der Waals surface area contributed by atoms with Gasteiger partial charge in [-0.15, -0.1) is 0 Å². The van der Waals surface area contributed by atoms with Crippen LogP contribution in [0.2, 0.25) is 0 Å². The predicted octanol–water partition coefficient (Wildman–Crippen LogP) is 3.19. The van der Waals surface area contributed by atoms with E-state index in [1.54, 1.807) is 6.07 Å². The summed E-state index contributed by atoms with van der Waals surface area (Å²) < 4.78 is 13.5. The van der Waals surface area contributed by atoms with Crippen LogP contribution in [-0.2, 0) is 0 Å². The molecule has 0 bridgehead atoms. The molecule has 134 valence electrons. The Hall–Kier alpha value is -2.73. The molecule has 1 aliphatic heterocycles. The monoisotopic (exact) mass is 352 g/mol. The number of aromatic amines is 1. The Balaban J connectivity index is 1.61. The molecule has 1 amide bonds. The van der Waals surface area contributed by atoms with E-state index in [-0.39, 0.29) is 17.8 Å². The van der Waals surface area contributed by atoms with Crippen LogP contribution < -0.4 is 5.32 Å². The van der Waals surface area contributed by atoms with E-state index in [9.17, 15) is 9.18 Å². The molecule has 2 aromatic carbocycles. The number of aromatic nitrogens is 2. The number of nitrogens with zero attached hydrogens (tertiary/aromatic N) is 2. The quantitative estimate of drug-likeness (QED) is 0.761. The first-order chi connectivity index (χ1) is 12.6. The van der Waals surface area contributed by atoms with Gasteiger partial charge in [0.15, 0.2) is 5.69 Å². The zero-order valence-electron chi connectivity index (χ0n) is 14.6. The van der Waals surface area contributed by atoms with E-state index in [1.165, 1.54) is 12.1 Å². The van der Waals surface area contributed by atoms with E-state index in [2.05, 4.69) is 27.5 Å². The van der Waals surface area contributed by atoms with Crippen molar-refractivity contribution in [3.63, 3.8) is 0 Å². The number of rotatable bonds is 3. The van der Waals surface area contributed by atoms with E-state index < -0.39 is 0 Å². The molecular weight excluding hydrogens is 331 g/mol. The lowest BCUT2D eigenvalue weighted by atomic mass is 10.0. The van der Waals surface area contributed by atoms with Crippen LogP contribution in [0.1, 0.15) is 23.3 Å². The molecule has 2 N–H and O–H groups in total. The lowest BCUT2D eigenvalue weighted by Gasteiger charge is -2.29. The van der Waals surface area contributed by atoms with Gasteiger partial charge in [-0.05, 0) is 68.4 Å². The molecule has 0 unspecified atom stereocenters. The van der Waals surface area contributed by atoms with Crippen LogP contribution in [0.15, 0.2) is 42.5 Å². The minimum Gasteiger partial charge on any atom is -0.348 e. The van der Waals surface area contributed by atoms with E-state index in [0.29, 0.717) is 5.69 Å². The van der Waals surface area contributed by atoms with Crippen LogP contribution in [0.5, 0.6) is 0 Å². The van der Waals surface area contributed by atoms with Crippen molar-refractivity contribution in [2.24, 2.45) is 0 Å². The highest BCUT2D eigenvalue weighted by Crippen LogP contribution is 2.26. The topological polar surface area (TPSA) is 61.0 Å². The summed E-state index contributed by atoms with van der Waals surface area (Å²) >= 11 is 0. The van der Waals surface area contributed by atoms with Crippen LogP contribution in [-0.4, -0.2) is 47.2 Å². The number of carbonyl (C=O) groups excluding carboxylic acids is 1. The van der Waals surface area contributed by atoms with E-state index in [1.807, 2.05) is 24.3 Å². The van der Waals surface area contributed by atoms with Crippen molar-refractivity contribution in [2.75, 3.05) is 20.1 Å². The number of hydrogen-bond acceptors (Lipinski definition) is 3. The van der Waals surface area contributed by atoms with Crippen molar-refractivity contribution in [1.29, 1.82) is 0 Å². The van der Waals surface area contributed by atoms with Crippen molar-refractivity contribution in [3.8, 4) is 11.1 Å². The van der Waals surface area contributed by atoms with Gasteiger partial charge in [0.2, 0.25) is 0 Å². The normalized spacial score (nSPS) is 16.1.